The molecule has 1 N–H and O–H groups in total. The lowest BCUT2D eigenvalue weighted by Crippen LogP contribution is -1.91. The summed E-state index contributed by atoms with van der Waals surface area (Å²) in [6.45, 7) is 4.12. The van der Waals surface area contributed by atoms with Gasteiger partial charge in [0.25, 0.3) is 0 Å². The summed E-state index contributed by atoms with van der Waals surface area (Å²) in [6.07, 6.45) is 0. The molecule has 0 aliphatic heterocycles. The van der Waals surface area contributed by atoms with Crippen molar-refractivity contribution in [2.75, 3.05) is 0 Å². The molecule has 2 aromatic carbocycles. The van der Waals surface area contributed by atoms with E-state index in [9.17, 15) is 0 Å². The first-order valence-corrected chi connectivity index (χ1v) is 6.54. The first-order valence-electron chi connectivity index (χ1n) is 5.75. The number of rotatable bonds is 3. The Morgan fingerprint density at radius 2 is 1.94 bits per heavy atom. The molecule has 2 nitrogen and oxygen atoms in total. The zero-order valence-electron chi connectivity index (χ0n) is 10.4. The van der Waals surface area contributed by atoms with E-state index in [1.165, 1.54) is 5.56 Å². The summed E-state index contributed by atoms with van der Waals surface area (Å²) in [4.78, 5) is 0. The topological polar surface area (TPSA) is 29.5 Å². The van der Waals surface area contributed by atoms with Gasteiger partial charge in [0.1, 0.15) is 11.5 Å². The Bertz CT molecular complexity index is 564. The Morgan fingerprint density at radius 1 is 1.17 bits per heavy atom. The fraction of sp³-hybridized carbons (Fsp3) is 0.200. The monoisotopic (exact) mass is 306 g/mol. The van der Waals surface area contributed by atoms with Crippen LogP contribution in [0.15, 0.2) is 40.9 Å². The molecule has 0 bridgehead atoms. The summed E-state index contributed by atoms with van der Waals surface area (Å²) in [5.41, 5.74) is 3.20. The smallest absolute Gasteiger partial charge is 0.130 e. The van der Waals surface area contributed by atoms with Crippen molar-refractivity contribution in [3.05, 3.63) is 57.6 Å². The second-order valence-corrected chi connectivity index (χ2v) is 5.07. The van der Waals surface area contributed by atoms with Crippen molar-refractivity contribution < 1.29 is 9.84 Å². The number of benzene rings is 2. The van der Waals surface area contributed by atoms with Gasteiger partial charge in [0.15, 0.2) is 0 Å². The maximum absolute atomic E-state index is 9.11. The van der Waals surface area contributed by atoms with Crippen LogP contribution in [0.1, 0.15) is 16.7 Å². The van der Waals surface area contributed by atoms with E-state index in [-0.39, 0.29) is 6.61 Å². The number of hydrogen-bond acceptors (Lipinski definition) is 2. The van der Waals surface area contributed by atoms with Crippen molar-refractivity contribution >= 4 is 15.9 Å². The van der Waals surface area contributed by atoms with Crippen LogP contribution in [0.4, 0.5) is 0 Å². The Kier molecular flexibility index (Phi) is 4.04. The molecule has 0 saturated carbocycles. The SMILES string of the molecule is Cc1cccc(Oc2ccc(CO)c(Br)c2)c1C. The Balaban J connectivity index is 2.29. The molecule has 0 unspecified atom stereocenters. The first kappa shape index (κ1) is 13.1. The second kappa shape index (κ2) is 5.55. The van der Waals surface area contributed by atoms with E-state index in [4.69, 9.17) is 9.84 Å². The highest BCUT2D eigenvalue weighted by atomic mass is 79.9. The van der Waals surface area contributed by atoms with Gasteiger partial charge in [-0.05, 0) is 48.7 Å². The zero-order valence-corrected chi connectivity index (χ0v) is 12.0. The quantitative estimate of drug-likeness (QED) is 0.913. The number of aliphatic hydroxyl groups is 1. The van der Waals surface area contributed by atoms with Gasteiger partial charge in [-0.25, -0.2) is 0 Å². The van der Waals surface area contributed by atoms with Crippen LogP contribution in [0.25, 0.3) is 0 Å². The second-order valence-electron chi connectivity index (χ2n) is 4.21. The third kappa shape index (κ3) is 2.74. The summed E-state index contributed by atoms with van der Waals surface area (Å²) in [7, 11) is 0. The van der Waals surface area contributed by atoms with E-state index in [0.29, 0.717) is 0 Å². The van der Waals surface area contributed by atoms with Gasteiger partial charge in [-0.15, -0.1) is 0 Å². The largest absolute Gasteiger partial charge is 0.457 e. The van der Waals surface area contributed by atoms with Gasteiger partial charge in [-0.2, -0.15) is 0 Å². The zero-order chi connectivity index (χ0) is 13.1. The Labute approximate surface area is 115 Å². The molecule has 0 saturated heterocycles. The van der Waals surface area contributed by atoms with Crippen LogP contribution in [0.2, 0.25) is 0 Å². The third-order valence-electron chi connectivity index (χ3n) is 2.98. The molecule has 3 heteroatoms. The molecule has 0 spiro atoms. The van der Waals surface area contributed by atoms with E-state index in [1.54, 1.807) is 0 Å². The highest BCUT2D eigenvalue weighted by Crippen LogP contribution is 2.29. The minimum absolute atomic E-state index is 0.0182. The minimum Gasteiger partial charge on any atom is -0.457 e. The molecule has 0 aliphatic carbocycles. The van der Waals surface area contributed by atoms with Gasteiger partial charge in [-0.1, -0.05) is 34.1 Å². The van der Waals surface area contributed by atoms with Gasteiger partial charge in [0.2, 0.25) is 0 Å². The van der Waals surface area contributed by atoms with Gasteiger partial charge < -0.3 is 9.84 Å². The summed E-state index contributed by atoms with van der Waals surface area (Å²) in [5, 5.41) is 9.11. The van der Waals surface area contributed by atoms with E-state index in [0.717, 1.165) is 27.1 Å². The molecule has 0 fully saturated rings. The summed E-state index contributed by atoms with van der Waals surface area (Å²) in [5.74, 6) is 1.62. The molecule has 2 aromatic rings. The van der Waals surface area contributed by atoms with Crippen molar-refractivity contribution in [1.29, 1.82) is 0 Å². The number of ether oxygens (including phenoxy) is 1. The van der Waals surface area contributed by atoms with Crippen LogP contribution >= 0.6 is 15.9 Å². The van der Waals surface area contributed by atoms with Crippen molar-refractivity contribution in [2.45, 2.75) is 20.5 Å². The predicted molar refractivity (Wildman–Crippen MR) is 76.1 cm³/mol. The molecular formula is C15H15BrO2. The van der Waals surface area contributed by atoms with Crippen LogP contribution in [0.5, 0.6) is 11.5 Å². The van der Waals surface area contributed by atoms with E-state index in [2.05, 4.69) is 28.9 Å². The van der Waals surface area contributed by atoms with Crippen molar-refractivity contribution in [2.24, 2.45) is 0 Å². The molecule has 0 aliphatic rings. The molecule has 0 radical (unpaired) electrons. The summed E-state index contributed by atoms with van der Waals surface area (Å²) >= 11 is 3.41. The van der Waals surface area contributed by atoms with Gasteiger partial charge in [0.05, 0.1) is 6.61 Å². The summed E-state index contributed by atoms with van der Waals surface area (Å²) in [6, 6.07) is 11.6. The van der Waals surface area contributed by atoms with Gasteiger partial charge >= 0.3 is 0 Å². The standard InChI is InChI=1S/C15H15BrO2/c1-10-4-3-5-15(11(10)2)18-13-7-6-12(9-17)14(16)8-13/h3-8,17H,9H2,1-2H3. The van der Waals surface area contributed by atoms with Crippen LogP contribution in [0.3, 0.4) is 0 Å². The van der Waals surface area contributed by atoms with E-state index >= 15 is 0 Å². The maximum Gasteiger partial charge on any atom is 0.130 e. The van der Waals surface area contributed by atoms with Crippen LogP contribution in [-0.2, 0) is 6.61 Å². The molecule has 18 heavy (non-hydrogen) atoms. The highest BCUT2D eigenvalue weighted by molar-refractivity contribution is 9.10. The molecule has 94 valence electrons. The molecule has 0 amide bonds. The van der Waals surface area contributed by atoms with Crippen LogP contribution < -0.4 is 4.74 Å². The third-order valence-corrected chi connectivity index (χ3v) is 3.72. The maximum atomic E-state index is 9.11. The Morgan fingerprint density at radius 3 is 2.61 bits per heavy atom. The van der Waals surface area contributed by atoms with Gasteiger partial charge in [-0.3, -0.25) is 0 Å². The van der Waals surface area contributed by atoms with Crippen LogP contribution in [0, 0.1) is 13.8 Å². The fourth-order valence-electron chi connectivity index (χ4n) is 1.68. The molecule has 2 rings (SSSR count). The minimum atomic E-state index is 0.0182. The van der Waals surface area contributed by atoms with Crippen molar-refractivity contribution in [1.82, 2.24) is 0 Å². The molecular weight excluding hydrogens is 292 g/mol. The van der Waals surface area contributed by atoms with Crippen LogP contribution in [-0.4, -0.2) is 5.11 Å². The fourth-order valence-corrected chi connectivity index (χ4v) is 2.16. The Hall–Kier alpha value is -1.32. The highest BCUT2D eigenvalue weighted by Gasteiger charge is 2.05. The number of aryl methyl sites for hydroxylation is 1. The number of aliphatic hydroxyl groups excluding tert-OH is 1. The lowest BCUT2D eigenvalue weighted by atomic mass is 10.1. The number of hydrogen-bond donors (Lipinski definition) is 1. The number of halogens is 1. The normalized spacial score (nSPS) is 10.4. The van der Waals surface area contributed by atoms with Crippen molar-refractivity contribution in [3.8, 4) is 11.5 Å². The molecule has 0 heterocycles. The average molecular weight is 307 g/mol. The van der Waals surface area contributed by atoms with Gasteiger partial charge in [0, 0.05) is 4.47 Å². The molecule has 0 aromatic heterocycles. The van der Waals surface area contributed by atoms with Crippen molar-refractivity contribution in [3.63, 3.8) is 0 Å². The van der Waals surface area contributed by atoms with E-state index in [1.807, 2.05) is 37.3 Å². The first-order chi connectivity index (χ1) is 8.61. The summed E-state index contributed by atoms with van der Waals surface area (Å²) < 4.78 is 6.71. The van der Waals surface area contributed by atoms with E-state index < -0.39 is 0 Å². The lowest BCUT2D eigenvalue weighted by Gasteiger charge is -2.11. The molecule has 0 atom stereocenters. The average Bonchev–Trinajstić information content (AvgIpc) is 2.35. The predicted octanol–water partition coefficient (Wildman–Crippen LogP) is 4.35. The lowest BCUT2D eigenvalue weighted by molar-refractivity contribution is 0.281.